The van der Waals surface area contributed by atoms with Crippen molar-refractivity contribution in [1.29, 1.82) is 0 Å². The summed E-state index contributed by atoms with van der Waals surface area (Å²) in [5.74, 6) is -1.21. The highest BCUT2D eigenvalue weighted by atomic mass is 79.9. The first-order valence-electron chi connectivity index (χ1n) is 4.73. The van der Waals surface area contributed by atoms with Gasteiger partial charge >= 0.3 is 12.1 Å². The Morgan fingerprint density at radius 3 is 2.16 bits per heavy atom. The summed E-state index contributed by atoms with van der Waals surface area (Å²) in [5, 5.41) is 17.6. The van der Waals surface area contributed by atoms with E-state index < -0.39 is 24.9 Å². The molecule has 0 saturated carbocycles. The van der Waals surface area contributed by atoms with Crippen LogP contribution in [0.25, 0.3) is 0 Å². The van der Waals surface area contributed by atoms with Gasteiger partial charge in [-0.05, 0) is 44.0 Å². The number of hydrogen-bond donors (Lipinski definition) is 2. The maximum Gasteiger partial charge on any atom is 0.417 e. The molecule has 106 valence electrons. The van der Waals surface area contributed by atoms with Gasteiger partial charge in [0.1, 0.15) is 12.4 Å². The molecule has 0 amide bonds. The summed E-state index contributed by atoms with van der Waals surface area (Å²) >= 11 is 5.97. The van der Waals surface area contributed by atoms with E-state index in [-0.39, 0.29) is 20.3 Å². The van der Waals surface area contributed by atoms with Crippen LogP contribution in [0.2, 0.25) is 0 Å². The number of aliphatic hydroxyl groups is 1. The van der Waals surface area contributed by atoms with Gasteiger partial charge in [-0.2, -0.15) is 13.2 Å². The molecule has 9 heteroatoms. The Kier molecular flexibility index (Phi) is 5.22. The minimum absolute atomic E-state index is 0.0201. The molecule has 4 nitrogen and oxygen atoms in total. The number of benzene rings is 1. The van der Waals surface area contributed by atoms with Gasteiger partial charge in [0.15, 0.2) is 6.10 Å². The summed E-state index contributed by atoms with van der Waals surface area (Å²) in [4.78, 5) is 10.7. The molecule has 0 radical (unpaired) electrons. The Hall–Kier alpha value is -0.800. The Morgan fingerprint density at radius 1 is 1.32 bits per heavy atom. The van der Waals surface area contributed by atoms with E-state index in [1.54, 1.807) is 0 Å². The second-order valence-corrected chi connectivity index (χ2v) is 5.15. The van der Waals surface area contributed by atoms with Crippen LogP contribution in [-0.2, 0) is 0 Å². The van der Waals surface area contributed by atoms with E-state index in [1.807, 2.05) is 0 Å². The Balaban J connectivity index is 2.88. The fraction of sp³-hybridized carbons (Fsp3) is 0.300. The van der Waals surface area contributed by atoms with Gasteiger partial charge in [-0.25, -0.2) is 4.79 Å². The molecule has 0 heterocycles. The van der Waals surface area contributed by atoms with E-state index in [0.29, 0.717) is 0 Å². The molecule has 0 aromatic heterocycles. The summed E-state index contributed by atoms with van der Waals surface area (Å²) in [5.41, 5.74) is -0.0672. The number of halogens is 5. The Labute approximate surface area is 122 Å². The molecule has 0 aliphatic carbocycles. The maximum absolute atomic E-state index is 12.1. The molecule has 1 aromatic carbocycles. The lowest BCUT2D eigenvalue weighted by molar-refractivity contribution is -0.210. The first-order chi connectivity index (χ1) is 8.62. The molecule has 0 bridgehead atoms. The zero-order chi connectivity index (χ0) is 14.8. The predicted molar refractivity (Wildman–Crippen MR) is 66.4 cm³/mol. The second-order valence-electron chi connectivity index (χ2n) is 3.44. The lowest BCUT2D eigenvalue weighted by Crippen LogP contribution is -2.34. The number of carboxylic acid groups (broad SMARTS) is 1. The Morgan fingerprint density at radius 2 is 1.79 bits per heavy atom. The van der Waals surface area contributed by atoms with Gasteiger partial charge < -0.3 is 14.9 Å². The Bertz CT molecular complexity index is 467. The molecule has 0 aliphatic rings. The van der Waals surface area contributed by atoms with Crippen molar-refractivity contribution in [2.45, 2.75) is 12.3 Å². The quantitative estimate of drug-likeness (QED) is 0.804. The lowest BCUT2D eigenvalue weighted by atomic mass is 10.2. The molecular formula is C10H7Br2F3O4. The van der Waals surface area contributed by atoms with Crippen LogP contribution in [0.4, 0.5) is 13.2 Å². The second kappa shape index (κ2) is 6.10. The smallest absolute Gasteiger partial charge is 0.417 e. The molecule has 1 rings (SSSR count). The molecule has 1 atom stereocenters. The van der Waals surface area contributed by atoms with Crippen LogP contribution in [0, 0.1) is 0 Å². The molecule has 19 heavy (non-hydrogen) atoms. The maximum atomic E-state index is 12.1. The lowest BCUT2D eigenvalue weighted by Gasteiger charge is -2.17. The van der Waals surface area contributed by atoms with E-state index in [2.05, 4.69) is 31.9 Å². The number of aromatic carboxylic acids is 1. The third-order valence-corrected chi connectivity index (χ3v) is 3.19. The van der Waals surface area contributed by atoms with E-state index in [9.17, 15) is 18.0 Å². The average molecular weight is 408 g/mol. The largest absolute Gasteiger partial charge is 0.488 e. The van der Waals surface area contributed by atoms with Gasteiger partial charge in [0.2, 0.25) is 0 Å². The van der Waals surface area contributed by atoms with Crippen molar-refractivity contribution in [2.24, 2.45) is 0 Å². The highest BCUT2D eigenvalue weighted by Crippen LogP contribution is 2.35. The number of alkyl halides is 3. The topological polar surface area (TPSA) is 66.8 Å². The minimum Gasteiger partial charge on any atom is -0.488 e. The number of rotatable bonds is 4. The normalized spacial score (nSPS) is 13.2. The first kappa shape index (κ1) is 16.3. The fourth-order valence-electron chi connectivity index (χ4n) is 1.08. The molecule has 0 saturated heterocycles. The summed E-state index contributed by atoms with van der Waals surface area (Å²) in [6, 6.07) is 2.37. The first-order valence-corrected chi connectivity index (χ1v) is 6.31. The molecule has 0 fully saturated rings. The van der Waals surface area contributed by atoms with Crippen LogP contribution in [-0.4, -0.2) is 35.1 Å². The van der Waals surface area contributed by atoms with Crippen molar-refractivity contribution >= 4 is 37.8 Å². The predicted octanol–water partition coefficient (Wildman–Crippen LogP) is 3.21. The van der Waals surface area contributed by atoms with Crippen molar-refractivity contribution in [3.05, 3.63) is 26.6 Å². The van der Waals surface area contributed by atoms with Crippen molar-refractivity contribution in [1.82, 2.24) is 0 Å². The standard InChI is InChI=1S/C10H7Br2F3O4/c11-5-1-4(9(17)18)2-6(12)8(5)19-3-7(16)10(13,14)15/h1-2,7,16H,3H2,(H,17,18). The van der Waals surface area contributed by atoms with E-state index in [0.717, 1.165) is 0 Å². The van der Waals surface area contributed by atoms with Crippen LogP contribution in [0.5, 0.6) is 5.75 Å². The third-order valence-electron chi connectivity index (χ3n) is 2.01. The SMILES string of the molecule is O=C(O)c1cc(Br)c(OCC(O)C(F)(F)F)c(Br)c1. The van der Waals surface area contributed by atoms with E-state index in [1.165, 1.54) is 12.1 Å². The molecule has 1 aromatic rings. The molecule has 1 unspecified atom stereocenters. The van der Waals surface area contributed by atoms with Crippen molar-refractivity contribution in [3.8, 4) is 5.75 Å². The van der Waals surface area contributed by atoms with Gasteiger partial charge in [-0.3, -0.25) is 0 Å². The fourth-order valence-corrected chi connectivity index (χ4v) is 2.49. The third kappa shape index (κ3) is 4.36. The minimum atomic E-state index is -4.78. The number of carbonyl (C=O) groups is 1. The number of carboxylic acids is 1. The van der Waals surface area contributed by atoms with E-state index >= 15 is 0 Å². The number of hydrogen-bond acceptors (Lipinski definition) is 3. The van der Waals surface area contributed by atoms with Crippen LogP contribution in [0.1, 0.15) is 10.4 Å². The zero-order valence-corrected chi connectivity index (χ0v) is 12.2. The molecule has 0 spiro atoms. The van der Waals surface area contributed by atoms with Crippen LogP contribution >= 0.6 is 31.9 Å². The molecule has 2 N–H and O–H groups in total. The summed E-state index contributed by atoms with van der Waals surface area (Å²) < 4.78 is 41.4. The summed E-state index contributed by atoms with van der Waals surface area (Å²) in [7, 11) is 0. The highest BCUT2D eigenvalue weighted by Gasteiger charge is 2.39. The average Bonchev–Trinajstić information content (AvgIpc) is 2.25. The number of ether oxygens (including phenoxy) is 1. The zero-order valence-electron chi connectivity index (χ0n) is 9.04. The summed E-state index contributed by atoms with van der Waals surface area (Å²) in [6.07, 6.45) is -7.40. The van der Waals surface area contributed by atoms with Gasteiger partial charge in [0, 0.05) is 0 Å². The van der Waals surface area contributed by atoms with Crippen LogP contribution in [0.3, 0.4) is 0 Å². The highest BCUT2D eigenvalue weighted by molar-refractivity contribution is 9.11. The van der Waals surface area contributed by atoms with Crippen molar-refractivity contribution in [3.63, 3.8) is 0 Å². The van der Waals surface area contributed by atoms with Crippen LogP contribution in [0.15, 0.2) is 21.1 Å². The van der Waals surface area contributed by atoms with Gasteiger partial charge in [0.05, 0.1) is 14.5 Å². The number of aliphatic hydroxyl groups excluding tert-OH is 1. The van der Waals surface area contributed by atoms with Gasteiger partial charge in [-0.1, -0.05) is 0 Å². The van der Waals surface area contributed by atoms with Crippen molar-refractivity contribution in [2.75, 3.05) is 6.61 Å². The van der Waals surface area contributed by atoms with Crippen LogP contribution < -0.4 is 4.74 Å². The van der Waals surface area contributed by atoms with Gasteiger partial charge in [-0.15, -0.1) is 0 Å². The molecule has 0 aliphatic heterocycles. The van der Waals surface area contributed by atoms with E-state index in [4.69, 9.17) is 14.9 Å². The monoisotopic (exact) mass is 406 g/mol. The summed E-state index contributed by atoms with van der Waals surface area (Å²) in [6.45, 7) is -0.993. The molecular weight excluding hydrogens is 401 g/mol. The van der Waals surface area contributed by atoms with Crippen molar-refractivity contribution < 1.29 is 32.9 Å². The van der Waals surface area contributed by atoms with Gasteiger partial charge in [0.25, 0.3) is 0 Å².